The summed E-state index contributed by atoms with van der Waals surface area (Å²) in [7, 11) is 0. The van der Waals surface area contributed by atoms with Crippen molar-refractivity contribution in [3.8, 4) is 0 Å². The van der Waals surface area contributed by atoms with E-state index in [1.54, 1.807) is 0 Å². The molecule has 2 nitrogen and oxygen atoms in total. The Balaban J connectivity index is 1.86. The SMILES string of the molecule is CSC1CCCC1NC(c1ccccc1)c1ccncc1. The number of pyridine rings is 1. The fourth-order valence-electron chi connectivity index (χ4n) is 3.20. The predicted molar refractivity (Wildman–Crippen MR) is 90.6 cm³/mol. The third kappa shape index (κ3) is 3.47. The van der Waals surface area contributed by atoms with Gasteiger partial charge in [0.25, 0.3) is 0 Å². The van der Waals surface area contributed by atoms with Crippen molar-refractivity contribution in [1.29, 1.82) is 0 Å². The Morgan fingerprint density at radius 3 is 2.48 bits per heavy atom. The second-order valence-electron chi connectivity index (χ2n) is 5.60. The zero-order valence-corrected chi connectivity index (χ0v) is 13.2. The summed E-state index contributed by atoms with van der Waals surface area (Å²) in [6.07, 6.45) is 9.94. The molecule has 0 aliphatic heterocycles. The number of aromatic nitrogens is 1. The lowest BCUT2D eigenvalue weighted by molar-refractivity contribution is 0.485. The fourth-order valence-corrected chi connectivity index (χ4v) is 4.14. The first-order valence-electron chi connectivity index (χ1n) is 7.62. The van der Waals surface area contributed by atoms with Gasteiger partial charge in [-0.3, -0.25) is 4.98 Å². The molecule has 1 aliphatic carbocycles. The van der Waals surface area contributed by atoms with Gasteiger partial charge in [-0.2, -0.15) is 11.8 Å². The molecule has 0 spiro atoms. The topological polar surface area (TPSA) is 24.9 Å². The van der Waals surface area contributed by atoms with E-state index in [9.17, 15) is 0 Å². The Morgan fingerprint density at radius 2 is 1.76 bits per heavy atom. The van der Waals surface area contributed by atoms with Crippen LogP contribution in [0.5, 0.6) is 0 Å². The molecule has 1 aromatic heterocycles. The summed E-state index contributed by atoms with van der Waals surface area (Å²) in [5.74, 6) is 0. The minimum Gasteiger partial charge on any atom is -0.302 e. The first-order valence-corrected chi connectivity index (χ1v) is 8.91. The van der Waals surface area contributed by atoms with E-state index in [4.69, 9.17) is 0 Å². The van der Waals surface area contributed by atoms with Gasteiger partial charge in [-0.15, -0.1) is 0 Å². The molecule has 3 atom stereocenters. The normalized spacial score (nSPS) is 23.1. The minimum absolute atomic E-state index is 0.256. The van der Waals surface area contributed by atoms with Crippen LogP contribution in [0.3, 0.4) is 0 Å². The minimum atomic E-state index is 0.256. The monoisotopic (exact) mass is 298 g/mol. The average molecular weight is 298 g/mol. The molecule has 1 heterocycles. The average Bonchev–Trinajstić information content (AvgIpc) is 3.01. The molecule has 3 rings (SSSR count). The number of rotatable bonds is 5. The number of thioether (sulfide) groups is 1. The maximum atomic E-state index is 4.15. The summed E-state index contributed by atoms with van der Waals surface area (Å²) in [6, 6.07) is 15.8. The molecule has 0 amide bonds. The lowest BCUT2D eigenvalue weighted by atomic mass is 9.98. The molecule has 0 saturated heterocycles. The zero-order valence-electron chi connectivity index (χ0n) is 12.4. The van der Waals surface area contributed by atoms with E-state index < -0.39 is 0 Å². The van der Waals surface area contributed by atoms with Crippen LogP contribution in [0.1, 0.15) is 36.4 Å². The Hall–Kier alpha value is -1.32. The van der Waals surface area contributed by atoms with Crippen molar-refractivity contribution in [3.63, 3.8) is 0 Å². The third-order valence-corrected chi connectivity index (χ3v) is 5.48. The second-order valence-corrected chi connectivity index (χ2v) is 6.68. The van der Waals surface area contributed by atoms with Crippen molar-refractivity contribution in [1.82, 2.24) is 10.3 Å². The molecule has 21 heavy (non-hydrogen) atoms. The van der Waals surface area contributed by atoms with Gasteiger partial charge in [-0.1, -0.05) is 36.8 Å². The van der Waals surface area contributed by atoms with Crippen LogP contribution >= 0.6 is 11.8 Å². The van der Waals surface area contributed by atoms with E-state index in [1.807, 2.05) is 24.2 Å². The van der Waals surface area contributed by atoms with Crippen LogP contribution in [-0.2, 0) is 0 Å². The summed E-state index contributed by atoms with van der Waals surface area (Å²) >= 11 is 2.00. The van der Waals surface area contributed by atoms with Gasteiger partial charge in [0.15, 0.2) is 0 Å². The summed E-state index contributed by atoms with van der Waals surface area (Å²) in [6.45, 7) is 0. The van der Waals surface area contributed by atoms with Crippen LogP contribution in [0.4, 0.5) is 0 Å². The van der Waals surface area contributed by atoms with Gasteiger partial charge in [0.2, 0.25) is 0 Å². The van der Waals surface area contributed by atoms with E-state index >= 15 is 0 Å². The first kappa shape index (κ1) is 14.6. The largest absolute Gasteiger partial charge is 0.302 e. The van der Waals surface area contributed by atoms with Crippen LogP contribution in [0, 0.1) is 0 Å². The van der Waals surface area contributed by atoms with Crippen LogP contribution < -0.4 is 5.32 Å². The highest BCUT2D eigenvalue weighted by molar-refractivity contribution is 7.99. The van der Waals surface area contributed by atoms with Gasteiger partial charge in [-0.05, 0) is 42.4 Å². The van der Waals surface area contributed by atoms with Gasteiger partial charge >= 0.3 is 0 Å². The molecule has 0 radical (unpaired) electrons. The molecule has 1 aliphatic rings. The van der Waals surface area contributed by atoms with Crippen LogP contribution in [0.25, 0.3) is 0 Å². The quantitative estimate of drug-likeness (QED) is 0.901. The number of hydrogen-bond acceptors (Lipinski definition) is 3. The smallest absolute Gasteiger partial charge is 0.0580 e. The number of benzene rings is 1. The van der Waals surface area contributed by atoms with Crippen molar-refractivity contribution in [3.05, 3.63) is 66.0 Å². The number of nitrogens with one attached hydrogen (secondary N) is 1. The molecule has 3 unspecified atom stereocenters. The van der Waals surface area contributed by atoms with Crippen LogP contribution in [-0.4, -0.2) is 22.5 Å². The van der Waals surface area contributed by atoms with E-state index in [0.717, 1.165) is 5.25 Å². The standard InChI is InChI=1S/C18H22N2S/c1-21-17-9-5-8-16(17)20-18(14-6-3-2-4-7-14)15-10-12-19-13-11-15/h2-4,6-7,10-13,16-18,20H,5,8-9H2,1H3. The van der Waals surface area contributed by atoms with Crippen molar-refractivity contribution in [2.24, 2.45) is 0 Å². The van der Waals surface area contributed by atoms with E-state index in [2.05, 4.69) is 59.0 Å². The van der Waals surface area contributed by atoms with Crippen molar-refractivity contribution < 1.29 is 0 Å². The van der Waals surface area contributed by atoms with Crippen molar-refractivity contribution >= 4 is 11.8 Å². The molecule has 1 aromatic carbocycles. The van der Waals surface area contributed by atoms with Gasteiger partial charge in [0.05, 0.1) is 6.04 Å². The van der Waals surface area contributed by atoms with E-state index in [0.29, 0.717) is 6.04 Å². The van der Waals surface area contributed by atoms with Crippen LogP contribution in [0.15, 0.2) is 54.9 Å². The molecule has 0 bridgehead atoms. The molecular formula is C18H22N2S. The summed E-state index contributed by atoms with van der Waals surface area (Å²) in [4.78, 5) is 4.15. The molecule has 110 valence electrons. The molecule has 2 aromatic rings. The summed E-state index contributed by atoms with van der Waals surface area (Å²) < 4.78 is 0. The highest BCUT2D eigenvalue weighted by Crippen LogP contribution is 2.32. The Bertz CT molecular complexity index is 504. The van der Waals surface area contributed by atoms with Crippen LogP contribution in [0.2, 0.25) is 0 Å². The fraction of sp³-hybridized carbons (Fsp3) is 0.389. The van der Waals surface area contributed by atoms with Crippen molar-refractivity contribution in [2.75, 3.05) is 6.26 Å². The molecule has 1 saturated carbocycles. The Kier molecular flexibility index (Phi) is 4.94. The molecular weight excluding hydrogens is 276 g/mol. The highest BCUT2D eigenvalue weighted by Gasteiger charge is 2.29. The van der Waals surface area contributed by atoms with E-state index in [1.165, 1.54) is 30.4 Å². The molecule has 1 fully saturated rings. The summed E-state index contributed by atoms with van der Waals surface area (Å²) in [5, 5.41) is 4.64. The van der Waals surface area contributed by atoms with Gasteiger partial charge < -0.3 is 5.32 Å². The zero-order chi connectivity index (χ0) is 14.5. The predicted octanol–water partition coefficient (Wildman–Crippen LogP) is 4.04. The Morgan fingerprint density at radius 1 is 1.05 bits per heavy atom. The van der Waals surface area contributed by atoms with Gasteiger partial charge in [0.1, 0.15) is 0 Å². The third-order valence-electron chi connectivity index (χ3n) is 4.31. The molecule has 3 heteroatoms. The van der Waals surface area contributed by atoms with Crippen molar-refractivity contribution in [2.45, 2.75) is 36.6 Å². The van der Waals surface area contributed by atoms with Gasteiger partial charge in [0, 0.05) is 23.7 Å². The maximum absolute atomic E-state index is 4.15. The summed E-state index contributed by atoms with van der Waals surface area (Å²) in [5.41, 5.74) is 2.62. The number of hydrogen-bond donors (Lipinski definition) is 1. The number of nitrogens with zero attached hydrogens (tertiary/aromatic N) is 1. The highest BCUT2D eigenvalue weighted by atomic mass is 32.2. The molecule has 1 N–H and O–H groups in total. The second kappa shape index (κ2) is 7.10. The maximum Gasteiger partial charge on any atom is 0.0580 e. The van der Waals surface area contributed by atoms with Gasteiger partial charge in [-0.25, -0.2) is 0 Å². The lowest BCUT2D eigenvalue weighted by Gasteiger charge is -2.27. The first-order chi connectivity index (χ1) is 10.4. The lowest BCUT2D eigenvalue weighted by Crippen LogP contribution is -2.37. The Labute approximate surface area is 131 Å². The van der Waals surface area contributed by atoms with E-state index in [-0.39, 0.29) is 6.04 Å².